The van der Waals surface area contributed by atoms with E-state index in [1.807, 2.05) is 13.8 Å². The molecule has 13 heteroatoms. The van der Waals surface area contributed by atoms with Gasteiger partial charge in [-0.25, -0.2) is 9.78 Å². The summed E-state index contributed by atoms with van der Waals surface area (Å²) in [6, 6.07) is -4.48. The van der Waals surface area contributed by atoms with Gasteiger partial charge >= 0.3 is 11.9 Å². The Morgan fingerprint density at radius 1 is 1.00 bits per heavy atom. The summed E-state index contributed by atoms with van der Waals surface area (Å²) in [4.78, 5) is 68.0. The molecule has 0 aliphatic rings. The minimum absolute atomic E-state index is 0.0528. The van der Waals surface area contributed by atoms with Crippen molar-refractivity contribution in [3.8, 4) is 0 Å². The number of nitrogens with one attached hydrogen (secondary N) is 4. The fraction of sp³-hybridized carbons (Fsp3) is 0.652. The van der Waals surface area contributed by atoms with Crippen LogP contribution >= 0.6 is 0 Å². The number of hydrogen-bond acceptors (Lipinski definition) is 7. The second kappa shape index (κ2) is 14.8. The minimum Gasteiger partial charge on any atom is -0.481 e. The molecule has 5 unspecified atom stereocenters. The normalized spacial score (nSPS) is 15.3. The maximum Gasteiger partial charge on any atom is 0.326 e. The number of hydrogen-bond donors (Lipinski definition) is 7. The predicted octanol–water partition coefficient (Wildman–Crippen LogP) is -0.224. The summed E-state index contributed by atoms with van der Waals surface area (Å²) in [5.41, 5.74) is 6.53. The number of nitrogens with two attached hydrogens (primary N) is 1. The topological polar surface area (TPSA) is 217 Å². The zero-order valence-corrected chi connectivity index (χ0v) is 21.1. The van der Waals surface area contributed by atoms with Crippen LogP contribution < -0.4 is 21.7 Å². The molecule has 0 spiro atoms. The second-order valence-corrected chi connectivity index (χ2v) is 9.28. The Bertz CT molecular complexity index is 890. The molecule has 1 rings (SSSR count). The third-order valence-electron chi connectivity index (χ3n) is 5.73. The Hall–Kier alpha value is -3.48. The number of aromatic amines is 1. The first-order valence-electron chi connectivity index (χ1n) is 11.9. The molecule has 36 heavy (non-hydrogen) atoms. The van der Waals surface area contributed by atoms with Gasteiger partial charge in [0.2, 0.25) is 17.7 Å². The molecule has 13 nitrogen and oxygen atoms in total. The lowest BCUT2D eigenvalue weighted by atomic mass is 9.96. The number of amides is 3. The molecule has 0 fully saturated rings. The summed E-state index contributed by atoms with van der Waals surface area (Å²) in [7, 11) is 0. The molecule has 0 saturated carbocycles. The van der Waals surface area contributed by atoms with Gasteiger partial charge in [0.05, 0.1) is 12.4 Å². The van der Waals surface area contributed by atoms with Crippen molar-refractivity contribution in [2.24, 2.45) is 17.6 Å². The van der Waals surface area contributed by atoms with Crippen LogP contribution in [-0.2, 0) is 30.4 Å². The van der Waals surface area contributed by atoms with E-state index in [2.05, 4.69) is 25.9 Å². The maximum atomic E-state index is 13.2. The van der Waals surface area contributed by atoms with Crippen molar-refractivity contribution in [2.45, 2.75) is 84.0 Å². The molecule has 0 aliphatic heterocycles. The van der Waals surface area contributed by atoms with Crippen molar-refractivity contribution in [3.63, 3.8) is 0 Å². The van der Waals surface area contributed by atoms with Crippen LogP contribution in [0.15, 0.2) is 12.5 Å². The van der Waals surface area contributed by atoms with Gasteiger partial charge in [0.25, 0.3) is 0 Å². The van der Waals surface area contributed by atoms with Crippen LogP contribution in [0.4, 0.5) is 0 Å². The van der Waals surface area contributed by atoms with E-state index >= 15 is 0 Å². The first-order chi connectivity index (χ1) is 16.8. The van der Waals surface area contributed by atoms with Crippen molar-refractivity contribution in [2.75, 3.05) is 0 Å². The van der Waals surface area contributed by atoms with Crippen molar-refractivity contribution >= 4 is 29.7 Å². The lowest BCUT2D eigenvalue weighted by molar-refractivity contribution is -0.143. The van der Waals surface area contributed by atoms with Gasteiger partial charge in [0.15, 0.2) is 0 Å². The summed E-state index contributed by atoms with van der Waals surface area (Å²) < 4.78 is 0. The van der Waals surface area contributed by atoms with E-state index in [0.29, 0.717) is 18.5 Å². The number of carboxylic acids is 2. The highest BCUT2D eigenvalue weighted by Crippen LogP contribution is 2.11. The number of carbonyl (C=O) groups excluding carboxylic acids is 3. The quantitative estimate of drug-likeness (QED) is 0.156. The van der Waals surface area contributed by atoms with Gasteiger partial charge in [0.1, 0.15) is 18.1 Å². The Morgan fingerprint density at radius 3 is 2.14 bits per heavy atom. The SMILES string of the molecule is CCC(C)C(NC(=O)C(Cc1cnc[nH]1)NC(=O)C(N)CC(C)C)C(=O)NC(CCC(=O)O)C(=O)O. The smallest absolute Gasteiger partial charge is 0.326 e. The molecule has 8 N–H and O–H groups in total. The van der Waals surface area contributed by atoms with Crippen LogP contribution in [-0.4, -0.2) is 74.0 Å². The molecule has 1 heterocycles. The highest BCUT2D eigenvalue weighted by molar-refractivity contribution is 5.94. The monoisotopic (exact) mass is 510 g/mol. The largest absolute Gasteiger partial charge is 0.481 e. The third kappa shape index (κ3) is 10.4. The zero-order valence-electron chi connectivity index (χ0n) is 21.1. The molecule has 5 atom stereocenters. The van der Waals surface area contributed by atoms with Crippen molar-refractivity contribution in [3.05, 3.63) is 18.2 Å². The average Bonchev–Trinajstić information content (AvgIpc) is 3.31. The van der Waals surface area contributed by atoms with E-state index in [1.165, 1.54) is 12.5 Å². The molecule has 202 valence electrons. The van der Waals surface area contributed by atoms with E-state index < -0.39 is 66.2 Å². The van der Waals surface area contributed by atoms with Gasteiger partial charge in [-0.2, -0.15) is 0 Å². The Kier molecular flexibility index (Phi) is 12.6. The second-order valence-electron chi connectivity index (χ2n) is 9.28. The molecule has 0 aliphatic carbocycles. The fourth-order valence-electron chi connectivity index (χ4n) is 3.46. The molecule has 0 saturated heterocycles. The predicted molar refractivity (Wildman–Crippen MR) is 129 cm³/mol. The van der Waals surface area contributed by atoms with Gasteiger partial charge in [-0.05, 0) is 24.7 Å². The van der Waals surface area contributed by atoms with E-state index in [9.17, 15) is 29.1 Å². The molecular weight excluding hydrogens is 472 g/mol. The minimum atomic E-state index is -1.44. The van der Waals surface area contributed by atoms with E-state index in [-0.39, 0.29) is 18.8 Å². The van der Waals surface area contributed by atoms with Gasteiger partial charge in [-0.15, -0.1) is 0 Å². The number of H-pyrrole nitrogens is 1. The molecule has 3 amide bonds. The van der Waals surface area contributed by atoms with Crippen LogP contribution in [0.2, 0.25) is 0 Å². The Labute approximate surface area is 210 Å². The number of aliphatic carboxylic acids is 2. The summed E-state index contributed by atoms with van der Waals surface area (Å²) >= 11 is 0. The number of carbonyl (C=O) groups is 5. The molecule has 0 radical (unpaired) electrons. The van der Waals surface area contributed by atoms with Gasteiger partial charge in [0, 0.05) is 24.7 Å². The van der Waals surface area contributed by atoms with Crippen molar-refractivity contribution in [1.82, 2.24) is 25.9 Å². The van der Waals surface area contributed by atoms with Crippen LogP contribution in [0.5, 0.6) is 0 Å². The van der Waals surface area contributed by atoms with Crippen LogP contribution in [0.3, 0.4) is 0 Å². The van der Waals surface area contributed by atoms with Gasteiger partial charge in [-0.1, -0.05) is 34.1 Å². The maximum absolute atomic E-state index is 13.2. The number of rotatable bonds is 16. The lowest BCUT2D eigenvalue weighted by Gasteiger charge is -2.28. The van der Waals surface area contributed by atoms with Crippen molar-refractivity contribution < 1.29 is 34.2 Å². The van der Waals surface area contributed by atoms with Crippen LogP contribution in [0, 0.1) is 11.8 Å². The Balaban J connectivity index is 3.06. The standard InChI is InChI=1S/C23H38N6O7/c1-5-13(4)19(22(34)27-16(23(35)36)6-7-18(30)31)29-21(33)17(9-14-10-25-11-26-14)28-20(32)15(24)8-12(2)3/h10-13,15-17,19H,5-9,24H2,1-4H3,(H,25,26)(H,27,34)(H,28,32)(H,29,33)(H,30,31)(H,35,36). The number of carboxylic acid groups (broad SMARTS) is 2. The van der Waals surface area contributed by atoms with E-state index in [1.54, 1.807) is 13.8 Å². The average molecular weight is 511 g/mol. The number of imidazole rings is 1. The third-order valence-corrected chi connectivity index (χ3v) is 5.73. The zero-order chi connectivity index (χ0) is 27.4. The lowest BCUT2D eigenvalue weighted by Crippen LogP contribution is -2.59. The summed E-state index contributed by atoms with van der Waals surface area (Å²) in [6.45, 7) is 7.33. The van der Waals surface area contributed by atoms with Crippen LogP contribution in [0.25, 0.3) is 0 Å². The first kappa shape index (κ1) is 30.6. The molecule has 0 bridgehead atoms. The molecular formula is C23H38N6O7. The number of nitrogens with zero attached hydrogens (tertiary/aromatic N) is 1. The van der Waals surface area contributed by atoms with E-state index in [0.717, 1.165) is 0 Å². The van der Waals surface area contributed by atoms with Crippen LogP contribution in [0.1, 0.15) is 59.1 Å². The highest BCUT2D eigenvalue weighted by Gasteiger charge is 2.33. The summed E-state index contributed by atoms with van der Waals surface area (Å²) in [5.74, 6) is -4.77. The highest BCUT2D eigenvalue weighted by atomic mass is 16.4. The van der Waals surface area contributed by atoms with Gasteiger partial charge in [-0.3, -0.25) is 19.2 Å². The van der Waals surface area contributed by atoms with Gasteiger partial charge < -0.3 is 36.9 Å². The first-order valence-corrected chi connectivity index (χ1v) is 11.9. The molecule has 0 aromatic carbocycles. The number of aromatic nitrogens is 2. The van der Waals surface area contributed by atoms with E-state index in [4.69, 9.17) is 10.8 Å². The fourth-order valence-corrected chi connectivity index (χ4v) is 3.46. The summed E-state index contributed by atoms with van der Waals surface area (Å²) in [5, 5.41) is 25.8. The molecule has 1 aromatic rings. The Morgan fingerprint density at radius 2 is 1.64 bits per heavy atom. The molecule has 1 aromatic heterocycles. The summed E-state index contributed by atoms with van der Waals surface area (Å²) in [6.07, 6.45) is 3.10. The van der Waals surface area contributed by atoms with Crippen molar-refractivity contribution in [1.29, 1.82) is 0 Å².